The highest BCUT2D eigenvalue weighted by Gasteiger charge is 2.00. The third kappa shape index (κ3) is 19.7. The van der Waals surface area contributed by atoms with Gasteiger partial charge in [0.15, 0.2) is 0 Å². The number of aliphatic imine (C=N–C) groups is 1. The second-order valence-corrected chi connectivity index (χ2v) is 12.1. The fourth-order valence-corrected chi connectivity index (χ4v) is 4.16. The van der Waals surface area contributed by atoms with Crippen LogP contribution in [0.4, 0.5) is 0 Å². The fraction of sp³-hybridized carbons (Fsp3) is 0.444. The summed E-state index contributed by atoms with van der Waals surface area (Å²) in [5, 5.41) is 3.44. The van der Waals surface area contributed by atoms with Crippen LogP contribution in [0.1, 0.15) is 85.8 Å². The summed E-state index contributed by atoms with van der Waals surface area (Å²) < 4.78 is 0. The molecule has 0 aliphatic rings. The van der Waals surface area contributed by atoms with E-state index in [-0.39, 0.29) is 10.5 Å². The third-order valence-electron chi connectivity index (χ3n) is 5.78. The summed E-state index contributed by atoms with van der Waals surface area (Å²) in [6, 6.07) is 17.0. The zero-order valence-corrected chi connectivity index (χ0v) is 29.1. The van der Waals surface area contributed by atoms with Gasteiger partial charge in [0, 0.05) is 34.8 Å². The van der Waals surface area contributed by atoms with Crippen molar-refractivity contribution in [3.8, 4) is 0 Å². The first-order chi connectivity index (χ1) is 19.1. The molecule has 1 N–H and O–H groups in total. The number of unbranched alkanes of at least 4 members (excludes halogenated alkanes) is 2. The van der Waals surface area contributed by atoms with E-state index >= 15 is 0 Å². The van der Waals surface area contributed by atoms with Crippen LogP contribution in [0.5, 0.6) is 0 Å². The molecule has 0 heterocycles. The van der Waals surface area contributed by atoms with Gasteiger partial charge in [-0.25, -0.2) is 0 Å². The Balaban J connectivity index is 0. The standard InChI is InChI=1S/C17H25N.C9H12S2.C8H15N.C2H6/c1-5-6-9-12-18-16(4)13-15(3)17-11-8-7-10-14(17)2;1-10-8-4-6-9(7-5-8)11(2)3;1-5-9-6-8(4)7(2)3;1-2/h7-8,10-11,13,18H,3,5-6,9,12H2,1-2,4H3;4-7H,2H2,1,3H3;6H,5H2,1-4H3;1-2H3/b16-13+;;;. The van der Waals surface area contributed by atoms with Crippen molar-refractivity contribution >= 4 is 39.9 Å². The lowest BCUT2D eigenvalue weighted by molar-refractivity contribution is 0.667. The number of rotatable bonds is 11. The number of aryl methyl sites for hydroxylation is 1. The van der Waals surface area contributed by atoms with Crippen molar-refractivity contribution in [2.75, 3.05) is 25.6 Å². The first kappa shape index (κ1) is 39.8. The Kier molecular flexibility index (Phi) is 25.6. The van der Waals surface area contributed by atoms with Gasteiger partial charge in [0.1, 0.15) is 0 Å². The highest BCUT2D eigenvalue weighted by Crippen LogP contribution is 2.23. The van der Waals surface area contributed by atoms with Crippen LogP contribution in [-0.4, -0.2) is 37.7 Å². The van der Waals surface area contributed by atoms with Crippen LogP contribution < -0.4 is 5.32 Å². The van der Waals surface area contributed by atoms with Gasteiger partial charge in [0.2, 0.25) is 0 Å². The van der Waals surface area contributed by atoms with Crippen molar-refractivity contribution in [2.45, 2.75) is 91.4 Å². The molecule has 0 aliphatic carbocycles. The highest BCUT2D eigenvalue weighted by molar-refractivity contribution is 8.13. The number of benzene rings is 2. The number of nitrogens with one attached hydrogen (secondary N) is 1. The first-order valence-electron chi connectivity index (χ1n) is 14.5. The van der Waals surface area contributed by atoms with E-state index in [0.717, 1.165) is 18.7 Å². The van der Waals surface area contributed by atoms with Gasteiger partial charge < -0.3 is 5.32 Å². The quantitative estimate of drug-likeness (QED) is 0.0936. The molecule has 0 spiro atoms. The Morgan fingerprint density at radius 1 is 0.975 bits per heavy atom. The summed E-state index contributed by atoms with van der Waals surface area (Å²) in [6.45, 7) is 24.8. The minimum atomic E-state index is 0.152. The predicted molar refractivity (Wildman–Crippen MR) is 193 cm³/mol. The Labute approximate surface area is 255 Å². The van der Waals surface area contributed by atoms with Gasteiger partial charge in [-0.05, 0) is 113 Å². The Hall–Kier alpha value is -2.30. The molecule has 1 unspecified atom stereocenters. The monoisotopic (exact) mass is 582 g/mol. The number of hydrogen-bond donors (Lipinski definition) is 1. The molecule has 2 aromatic rings. The molecule has 0 bridgehead atoms. The van der Waals surface area contributed by atoms with Gasteiger partial charge in [0.05, 0.1) is 0 Å². The number of allylic oxidation sites excluding steroid dienone is 5. The maximum atomic E-state index is 4.15. The molecule has 224 valence electrons. The molecule has 0 saturated heterocycles. The summed E-state index contributed by atoms with van der Waals surface area (Å²) in [7, 11) is 0.152. The predicted octanol–water partition coefficient (Wildman–Crippen LogP) is 11.2. The van der Waals surface area contributed by atoms with Crippen molar-refractivity contribution in [1.29, 1.82) is 0 Å². The molecule has 2 nitrogen and oxygen atoms in total. The zero-order chi connectivity index (χ0) is 30.9. The van der Waals surface area contributed by atoms with Crippen LogP contribution in [0.15, 0.2) is 92.8 Å². The molecule has 2 rings (SSSR count). The van der Waals surface area contributed by atoms with E-state index in [1.54, 1.807) is 11.8 Å². The van der Waals surface area contributed by atoms with Gasteiger partial charge >= 0.3 is 0 Å². The largest absolute Gasteiger partial charge is 0.389 e. The number of thioether (sulfide) groups is 1. The Bertz CT molecular complexity index is 1060. The summed E-state index contributed by atoms with van der Waals surface area (Å²) in [6.07, 6.45) is 12.1. The number of hydrogen-bond acceptors (Lipinski definition) is 3. The minimum Gasteiger partial charge on any atom is -0.389 e. The van der Waals surface area contributed by atoms with E-state index in [4.69, 9.17) is 0 Å². The molecule has 0 aliphatic heterocycles. The maximum Gasteiger partial charge on any atom is 0.0361 e. The molecular weight excluding hydrogens is 525 g/mol. The Morgan fingerprint density at radius 2 is 1.57 bits per heavy atom. The van der Waals surface area contributed by atoms with E-state index in [2.05, 4.69) is 131 Å². The van der Waals surface area contributed by atoms with Crippen molar-refractivity contribution in [3.05, 3.63) is 89.2 Å². The zero-order valence-electron chi connectivity index (χ0n) is 27.5. The molecule has 4 heteroatoms. The smallest absolute Gasteiger partial charge is 0.0361 e. The van der Waals surface area contributed by atoms with Gasteiger partial charge in [-0.15, -0.1) is 11.8 Å². The van der Waals surface area contributed by atoms with Crippen LogP contribution in [0.2, 0.25) is 0 Å². The highest BCUT2D eigenvalue weighted by atomic mass is 32.2. The lowest BCUT2D eigenvalue weighted by Gasteiger charge is -2.09. The summed E-state index contributed by atoms with van der Waals surface area (Å²) in [4.78, 5) is 6.76. The van der Waals surface area contributed by atoms with Crippen LogP contribution in [0, 0.1) is 6.92 Å². The summed E-state index contributed by atoms with van der Waals surface area (Å²) >= 11 is 1.77. The molecule has 1 atom stereocenters. The normalized spacial score (nSPS) is 11.1. The summed E-state index contributed by atoms with van der Waals surface area (Å²) in [5.41, 5.74) is 7.39. The second kappa shape index (κ2) is 25.7. The topological polar surface area (TPSA) is 24.4 Å². The molecule has 40 heavy (non-hydrogen) atoms. The molecule has 0 fully saturated rings. The maximum absolute atomic E-state index is 4.15. The lowest BCUT2D eigenvalue weighted by Crippen LogP contribution is -2.12. The average molecular weight is 583 g/mol. The molecule has 2 aromatic carbocycles. The molecular formula is C36H58N2S2. The van der Waals surface area contributed by atoms with Crippen molar-refractivity contribution in [1.82, 2.24) is 5.32 Å². The van der Waals surface area contributed by atoms with E-state index in [9.17, 15) is 0 Å². The summed E-state index contributed by atoms with van der Waals surface area (Å²) in [5.74, 6) is 3.99. The van der Waals surface area contributed by atoms with Gasteiger partial charge in [0.25, 0.3) is 0 Å². The number of nitrogens with zero attached hydrogens (tertiary/aromatic N) is 1. The lowest BCUT2D eigenvalue weighted by atomic mass is 10.0. The molecule has 0 saturated carbocycles. The van der Waals surface area contributed by atoms with E-state index in [0.29, 0.717) is 0 Å². The Morgan fingerprint density at radius 3 is 2.05 bits per heavy atom. The van der Waals surface area contributed by atoms with E-state index < -0.39 is 0 Å². The second-order valence-electron chi connectivity index (χ2n) is 9.42. The third-order valence-corrected chi connectivity index (χ3v) is 7.60. The van der Waals surface area contributed by atoms with Gasteiger partial charge in [-0.2, -0.15) is 10.5 Å². The van der Waals surface area contributed by atoms with Gasteiger partial charge in [-0.3, -0.25) is 4.99 Å². The molecule has 0 aromatic heterocycles. The minimum absolute atomic E-state index is 0.152. The van der Waals surface area contributed by atoms with Crippen molar-refractivity contribution in [3.63, 3.8) is 0 Å². The van der Waals surface area contributed by atoms with Crippen LogP contribution >= 0.6 is 22.2 Å². The van der Waals surface area contributed by atoms with Crippen molar-refractivity contribution in [2.24, 2.45) is 4.99 Å². The van der Waals surface area contributed by atoms with E-state index in [1.165, 1.54) is 57.0 Å². The van der Waals surface area contributed by atoms with Crippen LogP contribution in [0.25, 0.3) is 5.57 Å². The van der Waals surface area contributed by atoms with Crippen LogP contribution in [0.3, 0.4) is 0 Å². The average Bonchev–Trinajstić information content (AvgIpc) is 2.96. The molecule has 0 radical (unpaired) electrons. The van der Waals surface area contributed by atoms with E-state index in [1.807, 2.05) is 27.0 Å². The van der Waals surface area contributed by atoms with Crippen molar-refractivity contribution < 1.29 is 0 Å². The SMILES string of the molecule is C=C(/C=C(\C)NCCCCC)c1ccccc1C.C=S(C)c1ccc(SC)cc1.CC.CCN=CC(C)=C(C)C. The van der Waals surface area contributed by atoms with Crippen LogP contribution in [-0.2, 0) is 0 Å². The fourth-order valence-electron chi connectivity index (χ4n) is 3.15. The molecule has 0 amide bonds. The first-order valence-corrected chi connectivity index (χ1v) is 17.5. The van der Waals surface area contributed by atoms with Gasteiger partial charge in [-0.1, -0.05) is 75.9 Å².